The van der Waals surface area contributed by atoms with Crippen molar-refractivity contribution in [1.29, 1.82) is 0 Å². The van der Waals surface area contributed by atoms with Gasteiger partial charge in [-0.05, 0) is 43.3 Å². The highest BCUT2D eigenvalue weighted by atomic mass is 32.2. The van der Waals surface area contributed by atoms with Gasteiger partial charge in [0.2, 0.25) is 0 Å². The number of hydrogen-bond acceptors (Lipinski definition) is 3. The molecule has 1 atom stereocenters. The quantitative estimate of drug-likeness (QED) is 0.910. The van der Waals surface area contributed by atoms with Gasteiger partial charge in [0.05, 0.1) is 5.69 Å². The Labute approximate surface area is 119 Å². The van der Waals surface area contributed by atoms with Crippen molar-refractivity contribution in [2.45, 2.75) is 26.3 Å². The van der Waals surface area contributed by atoms with Crippen molar-refractivity contribution >= 4 is 17.4 Å². The van der Waals surface area contributed by atoms with Crippen molar-refractivity contribution in [3.63, 3.8) is 0 Å². The first kappa shape index (κ1) is 14.7. The van der Waals surface area contributed by atoms with E-state index in [1.807, 2.05) is 23.9 Å². The van der Waals surface area contributed by atoms with E-state index in [-0.39, 0.29) is 11.9 Å². The Morgan fingerprint density at radius 1 is 1.37 bits per heavy atom. The molecule has 0 aromatic heterocycles. The van der Waals surface area contributed by atoms with Gasteiger partial charge in [-0.2, -0.15) is 11.8 Å². The Morgan fingerprint density at radius 3 is 2.95 bits per heavy atom. The van der Waals surface area contributed by atoms with Gasteiger partial charge in [-0.3, -0.25) is 0 Å². The third kappa shape index (κ3) is 3.86. The van der Waals surface area contributed by atoms with E-state index in [1.54, 1.807) is 6.07 Å². The normalized spacial score (nSPS) is 18.2. The van der Waals surface area contributed by atoms with Gasteiger partial charge in [0.25, 0.3) is 0 Å². The highest BCUT2D eigenvalue weighted by molar-refractivity contribution is 7.99. The average molecular weight is 282 g/mol. The molecular formula is C15H23FN2S. The van der Waals surface area contributed by atoms with Gasteiger partial charge in [-0.25, -0.2) is 4.39 Å². The van der Waals surface area contributed by atoms with Gasteiger partial charge in [0.1, 0.15) is 5.82 Å². The zero-order chi connectivity index (χ0) is 13.7. The molecule has 0 bridgehead atoms. The number of benzene rings is 1. The van der Waals surface area contributed by atoms with E-state index in [9.17, 15) is 4.39 Å². The Hall–Kier alpha value is -0.740. The van der Waals surface area contributed by atoms with Crippen molar-refractivity contribution < 1.29 is 4.39 Å². The zero-order valence-corrected chi connectivity index (χ0v) is 12.6. The smallest absolute Gasteiger partial charge is 0.146 e. The van der Waals surface area contributed by atoms with E-state index < -0.39 is 0 Å². The van der Waals surface area contributed by atoms with E-state index >= 15 is 0 Å². The number of thioether (sulfide) groups is 1. The van der Waals surface area contributed by atoms with Gasteiger partial charge in [-0.15, -0.1) is 0 Å². The third-order valence-corrected chi connectivity index (χ3v) is 4.59. The van der Waals surface area contributed by atoms with Crippen LogP contribution in [0.5, 0.6) is 0 Å². The first-order valence-corrected chi connectivity index (χ1v) is 8.23. The fraction of sp³-hybridized carbons (Fsp3) is 0.600. The molecule has 19 heavy (non-hydrogen) atoms. The second kappa shape index (κ2) is 7.15. The molecule has 0 amide bonds. The molecular weight excluding hydrogens is 259 g/mol. The predicted molar refractivity (Wildman–Crippen MR) is 82.6 cm³/mol. The Balaban J connectivity index is 2.13. The van der Waals surface area contributed by atoms with Crippen molar-refractivity contribution in [2.75, 3.05) is 36.0 Å². The molecule has 1 heterocycles. The van der Waals surface area contributed by atoms with Crippen molar-refractivity contribution in [2.24, 2.45) is 0 Å². The lowest BCUT2D eigenvalue weighted by Gasteiger charge is -2.24. The van der Waals surface area contributed by atoms with Crippen LogP contribution >= 0.6 is 11.8 Å². The van der Waals surface area contributed by atoms with Crippen LogP contribution in [0.2, 0.25) is 0 Å². The van der Waals surface area contributed by atoms with Crippen molar-refractivity contribution in [1.82, 2.24) is 5.32 Å². The molecule has 4 heteroatoms. The van der Waals surface area contributed by atoms with Crippen LogP contribution in [0.25, 0.3) is 0 Å². The van der Waals surface area contributed by atoms with Crippen LogP contribution in [0.3, 0.4) is 0 Å². The Bertz CT molecular complexity index is 403. The summed E-state index contributed by atoms with van der Waals surface area (Å²) in [4.78, 5) is 2.18. The summed E-state index contributed by atoms with van der Waals surface area (Å²) in [5.74, 6) is 2.19. The van der Waals surface area contributed by atoms with Crippen LogP contribution in [-0.2, 0) is 0 Å². The molecule has 1 aromatic rings. The highest BCUT2D eigenvalue weighted by Crippen LogP contribution is 2.25. The molecule has 1 aliphatic rings. The molecule has 1 aromatic carbocycles. The monoisotopic (exact) mass is 282 g/mol. The average Bonchev–Trinajstić information content (AvgIpc) is 2.67. The van der Waals surface area contributed by atoms with Gasteiger partial charge in [0.15, 0.2) is 0 Å². The van der Waals surface area contributed by atoms with Gasteiger partial charge in [0, 0.05) is 24.9 Å². The van der Waals surface area contributed by atoms with Gasteiger partial charge < -0.3 is 10.2 Å². The van der Waals surface area contributed by atoms with Crippen LogP contribution in [-0.4, -0.2) is 31.1 Å². The third-order valence-electron chi connectivity index (χ3n) is 3.54. The summed E-state index contributed by atoms with van der Waals surface area (Å²) in [6.45, 7) is 6.94. The standard InChI is InChI=1S/C15H23FN2S/c1-3-17-12(2)13-5-6-15(14(16)11-13)18-7-4-9-19-10-8-18/h5-6,11-12,17H,3-4,7-10H2,1-2H3. The summed E-state index contributed by atoms with van der Waals surface area (Å²) < 4.78 is 14.3. The summed E-state index contributed by atoms with van der Waals surface area (Å²) in [6, 6.07) is 5.87. The number of nitrogens with one attached hydrogen (secondary N) is 1. The molecule has 0 saturated carbocycles. The molecule has 2 rings (SSSR count). The molecule has 0 spiro atoms. The van der Waals surface area contributed by atoms with Crippen LogP contribution in [0.1, 0.15) is 31.9 Å². The molecule has 1 fully saturated rings. The van der Waals surface area contributed by atoms with Crippen LogP contribution in [0, 0.1) is 5.82 Å². The van der Waals surface area contributed by atoms with E-state index in [4.69, 9.17) is 0 Å². The topological polar surface area (TPSA) is 15.3 Å². The highest BCUT2D eigenvalue weighted by Gasteiger charge is 2.15. The minimum atomic E-state index is -0.0887. The lowest BCUT2D eigenvalue weighted by molar-refractivity contribution is 0.580. The first-order chi connectivity index (χ1) is 9.22. The fourth-order valence-electron chi connectivity index (χ4n) is 2.46. The van der Waals surface area contributed by atoms with E-state index in [2.05, 4.69) is 24.1 Å². The van der Waals surface area contributed by atoms with Gasteiger partial charge in [-0.1, -0.05) is 13.0 Å². The molecule has 1 N–H and O–H groups in total. The number of nitrogens with zero attached hydrogens (tertiary/aromatic N) is 1. The minimum Gasteiger partial charge on any atom is -0.368 e. The molecule has 106 valence electrons. The fourth-order valence-corrected chi connectivity index (χ4v) is 3.35. The maximum absolute atomic E-state index is 14.3. The minimum absolute atomic E-state index is 0.0887. The first-order valence-electron chi connectivity index (χ1n) is 7.08. The molecule has 1 aliphatic heterocycles. The molecule has 1 saturated heterocycles. The van der Waals surface area contributed by atoms with Crippen molar-refractivity contribution in [3.8, 4) is 0 Å². The van der Waals surface area contributed by atoms with Crippen LogP contribution < -0.4 is 10.2 Å². The summed E-state index contributed by atoms with van der Waals surface area (Å²) in [6.07, 6.45) is 1.14. The number of rotatable bonds is 4. The number of halogens is 1. The maximum Gasteiger partial charge on any atom is 0.146 e. The van der Waals surface area contributed by atoms with Gasteiger partial charge >= 0.3 is 0 Å². The second-order valence-electron chi connectivity index (χ2n) is 4.94. The van der Waals surface area contributed by atoms with E-state index in [0.717, 1.165) is 43.1 Å². The van der Waals surface area contributed by atoms with Crippen LogP contribution in [0.15, 0.2) is 18.2 Å². The zero-order valence-electron chi connectivity index (χ0n) is 11.8. The second-order valence-corrected chi connectivity index (χ2v) is 6.17. The Morgan fingerprint density at radius 2 is 2.21 bits per heavy atom. The van der Waals surface area contributed by atoms with E-state index in [0.29, 0.717) is 0 Å². The summed E-state index contributed by atoms with van der Waals surface area (Å²) in [7, 11) is 0. The lowest BCUT2D eigenvalue weighted by atomic mass is 10.1. The molecule has 0 aliphatic carbocycles. The molecule has 1 unspecified atom stereocenters. The van der Waals surface area contributed by atoms with Crippen LogP contribution in [0.4, 0.5) is 10.1 Å². The number of hydrogen-bond donors (Lipinski definition) is 1. The predicted octanol–water partition coefficient (Wildman–Crippen LogP) is 3.44. The molecule has 0 radical (unpaired) electrons. The summed E-state index contributed by atoms with van der Waals surface area (Å²) >= 11 is 1.96. The van der Waals surface area contributed by atoms with Crippen molar-refractivity contribution in [3.05, 3.63) is 29.6 Å². The summed E-state index contributed by atoms with van der Waals surface area (Å²) in [5, 5.41) is 3.31. The SMILES string of the molecule is CCNC(C)c1ccc(N2CCCSCC2)c(F)c1. The largest absolute Gasteiger partial charge is 0.368 e. The Kier molecular flexibility index (Phi) is 5.52. The lowest BCUT2D eigenvalue weighted by Crippen LogP contribution is -2.26. The maximum atomic E-state index is 14.3. The van der Waals surface area contributed by atoms with E-state index in [1.165, 1.54) is 5.75 Å². The molecule has 2 nitrogen and oxygen atoms in total. The number of anilines is 1. The summed E-state index contributed by atoms with van der Waals surface area (Å²) in [5.41, 5.74) is 1.78.